The third kappa shape index (κ3) is 2.87. The minimum Gasteiger partial charge on any atom is -0.334 e. The molecule has 0 aliphatic carbocycles. The molecule has 0 aliphatic heterocycles. The van der Waals surface area contributed by atoms with Crippen molar-refractivity contribution in [2.24, 2.45) is 0 Å². The maximum Gasteiger partial charge on any atom is 0.278 e. The summed E-state index contributed by atoms with van der Waals surface area (Å²) < 4.78 is 29.3. The molecule has 1 aromatic carbocycles. The van der Waals surface area contributed by atoms with Gasteiger partial charge in [-0.25, -0.2) is 9.97 Å². The molecule has 4 aromatic rings. The van der Waals surface area contributed by atoms with E-state index in [2.05, 4.69) is 19.7 Å². The van der Waals surface area contributed by atoms with Crippen molar-refractivity contribution >= 4 is 21.4 Å². The number of nitrogens with zero attached hydrogens (tertiary/aromatic N) is 3. The van der Waals surface area contributed by atoms with Gasteiger partial charge in [0.05, 0.1) is 23.9 Å². The largest absolute Gasteiger partial charge is 0.334 e. The molecule has 7 nitrogen and oxygen atoms in total. The first-order chi connectivity index (χ1) is 12.0. The average Bonchev–Trinajstić information content (AvgIpc) is 3.26. The van der Waals surface area contributed by atoms with E-state index in [4.69, 9.17) is 0 Å². The van der Waals surface area contributed by atoms with Gasteiger partial charge in [0, 0.05) is 18.0 Å². The molecule has 0 amide bonds. The lowest BCUT2D eigenvalue weighted by Crippen LogP contribution is -2.14. The third-order valence-electron chi connectivity index (χ3n) is 3.90. The summed E-state index contributed by atoms with van der Waals surface area (Å²) in [6, 6.07) is 11.3. The van der Waals surface area contributed by atoms with E-state index in [1.807, 2.05) is 54.0 Å². The molecule has 0 saturated carbocycles. The van der Waals surface area contributed by atoms with Crippen molar-refractivity contribution in [3.8, 4) is 11.3 Å². The molecule has 0 saturated heterocycles. The Morgan fingerprint density at radius 1 is 1.20 bits per heavy atom. The standard InChI is InChI=1S/C17H15N5O2S/c1-12-5-6-13(15-10-22-7-3-2-4-16(22)20-15)8-14(12)21-25(23,24)17-9-18-11-19-17/h2-11,21H,1H3,(H,18,19). The van der Waals surface area contributed by atoms with Crippen LogP contribution in [0.2, 0.25) is 0 Å². The summed E-state index contributed by atoms with van der Waals surface area (Å²) in [5, 5.41) is 0.0185. The quantitative estimate of drug-likeness (QED) is 0.590. The number of rotatable bonds is 4. The van der Waals surface area contributed by atoms with Gasteiger partial charge in [-0.3, -0.25) is 4.72 Å². The van der Waals surface area contributed by atoms with Crippen LogP contribution in [0.3, 0.4) is 0 Å². The smallest absolute Gasteiger partial charge is 0.278 e. The van der Waals surface area contributed by atoms with E-state index >= 15 is 0 Å². The van der Waals surface area contributed by atoms with Crippen LogP contribution in [0.4, 0.5) is 5.69 Å². The number of hydrogen-bond donors (Lipinski definition) is 2. The maximum absolute atomic E-state index is 12.4. The lowest BCUT2D eigenvalue weighted by atomic mass is 10.1. The Kier molecular flexibility index (Phi) is 3.54. The summed E-state index contributed by atoms with van der Waals surface area (Å²) >= 11 is 0. The van der Waals surface area contributed by atoms with Crippen LogP contribution in [-0.2, 0) is 10.0 Å². The van der Waals surface area contributed by atoms with Crippen LogP contribution < -0.4 is 4.72 Å². The SMILES string of the molecule is Cc1ccc(-c2cn3ccccc3n2)cc1NS(=O)(=O)c1cnc[nH]1. The number of aromatic nitrogens is 4. The highest BCUT2D eigenvalue weighted by atomic mass is 32.2. The van der Waals surface area contributed by atoms with Crippen LogP contribution in [0, 0.1) is 6.92 Å². The van der Waals surface area contributed by atoms with E-state index in [0.717, 1.165) is 22.5 Å². The number of aryl methyl sites for hydroxylation is 1. The van der Waals surface area contributed by atoms with Crippen LogP contribution in [0.15, 0.2) is 66.3 Å². The Labute approximate surface area is 144 Å². The third-order valence-corrected chi connectivity index (χ3v) is 5.20. The van der Waals surface area contributed by atoms with Gasteiger partial charge in [-0.2, -0.15) is 8.42 Å². The van der Waals surface area contributed by atoms with Crippen molar-refractivity contribution in [2.75, 3.05) is 4.72 Å². The number of fused-ring (bicyclic) bond motifs is 1. The number of hydrogen-bond acceptors (Lipinski definition) is 4. The summed E-state index contributed by atoms with van der Waals surface area (Å²) in [6.45, 7) is 1.85. The van der Waals surface area contributed by atoms with Gasteiger partial charge in [0.15, 0.2) is 5.03 Å². The molecule has 0 radical (unpaired) electrons. The predicted molar refractivity (Wildman–Crippen MR) is 94.8 cm³/mol. The lowest BCUT2D eigenvalue weighted by Gasteiger charge is -2.10. The van der Waals surface area contributed by atoms with Crippen molar-refractivity contribution in [1.82, 2.24) is 19.4 Å². The molecule has 3 aromatic heterocycles. The van der Waals surface area contributed by atoms with Gasteiger partial charge >= 0.3 is 0 Å². The first-order valence-electron chi connectivity index (χ1n) is 7.59. The van der Waals surface area contributed by atoms with Gasteiger partial charge in [0.2, 0.25) is 0 Å². The lowest BCUT2D eigenvalue weighted by molar-refractivity contribution is 0.598. The Morgan fingerprint density at radius 2 is 2.08 bits per heavy atom. The molecular weight excluding hydrogens is 338 g/mol. The fourth-order valence-corrected chi connectivity index (χ4v) is 3.58. The number of aromatic amines is 1. The molecule has 0 bridgehead atoms. The maximum atomic E-state index is 12.4. The minimum atomic E-state index is -3.71. The van der Waals surface area contributed by atoms with Crippen LogP contribution >= 0.6 is 0 Å². The number of nitrogens with one attached hydrogen (secondary N) is 2. The van der Waals surface area contributed by atoms with Crippen LogP contribution in [0.5, 0.6) is 0 Å². The topological polar surface area (TPSA) is 92.2 Å². The summed E-state index contributed by atoms with van der Waals surface area (Å²) in [4.78, 5) is 10.9. The summed E-state index contributed by atoms with van der Waals surface area (Å²) in [5.74, 6) is 0. The number of benzene rings is 1. The van der Waals surface area contributed by atoms with E-state index in [-0.39, 0.29) is 5.03 Å². The van der Waals surface area contributed by atoms with Crippen LogP contribution in [0.25, 0.3) is 16.9 Å². The Hall–Kier alpha value is -3.13. The van der Waals surface area contributed by atoms with Gasteiger partial charge in [-0.15, -0.1) is 0 Å². The molecule has 4 rings (SSSR count). The number of anilines is 1. The zero-order valence-electron chi connectivity index (χ0n) is 13.3. The Bertz CT molecular complexity index is 1110. The Morgan fingerprint density at radius 3 is 2.84 bits per heavy atom. The van der Waals surface area contributed by atoms with Crippen LogP contribution in [-0.4, -0.2) is 27.8 Å². The van der Waals surface area contributed by atoms with Crippen molar-refractivity contribution in [3.05, 3.63) is 66.9 Å². The normalized spacial score (nSPS) is 11.7. The van der Waals surface area contributed by atoms with Gasteiger partial charge < -0.3 is 9.38 Å². The highest BCUT2D eigenvalue weighted by Gasteiger charge is 2.17. The summed E-state index contributed by atoms with van der Waals surface area (Å²) in [7, 11) is -3.71. The second kappa shape index (κ2) is 5.75. The molecule has 2 N–H and O–H groups in total. The molecule has 3 heterocycles. The molecule has 126 valence electrons. The van der Waals surface area contributed by atoms with Gasteiger partial charge in [0.1, 0.15) is 5.65 Å². The molecule has 0 unspecified atom stereocenters. The number of sulfonamides is 1. The monoisotopic (exact) mass is 353 g/mol. The van der Waals surface area contributed by atoms with E-state index in [1.54, 1.807) is 6.07 Å². The van der Waals surface area contributed by atoms with Crippen molar-refractivity contribution in [3.63, 3.8) is 0 Å². The van der Waals surface area contributed by atoms with E-state index in [9.17, 15) is 8.42 Å². The molecule has 8 heteroatoms. The average molecular weight is 353 g/mol. The zero-order valence-corrected chi connectivity index (χ0v) is 14.2. The van der Waals surface area contributed by atoms with E-state index in [0.29, 0.717) is 5.69 Å². The fourth-order valence-electron chi connectivity index (χ4n) is 2.55. The molecule has 25 heavy (non-hydrogen) atoms. The highest BCUT2D eigenvalue weighted by Crippen LogP contribution is 2.26. The minimum absolute atomic E-state index is 0.0185. The van der Waals surface area contributed by atoms with Crippen molar-refractivity contribution in [1.29, 1.82) is 0 Å². The Balaban J connectivity index is 1.74. The number of H-pyrrole nitrogens is 1. The highest BCUT2D eigenvalue weighted by molar-refractivity contribution is 7.92. The van der Waals surface area contributed by atoms with Crippen LogP contribution in [0.1, 0.15) is 5.56 Å². The van der Waals surface area contributed by atoms with Crippen molar-refractivity contribution in [2.45, 2.75) is 11.9 Å². The second-order valence-electron chi connectivity index (χ2n) is 5.64. The molecule has 0 atom stereocenters. The van der Waals surface area contributed by atoms with Gasteiger partial charge in [-0.05, 0) is 30.7 Å². The summed E-state index contributed by atoms with van der Waals surface area (Å²) in [5.41, 5.74) is 3.75. The first kappa shape index (κ1) is 15.4. The van der Waals surface area contributed by atoms with E-state index in [1.165, 1.54) is 12.5 Å². The molecular formula is C17H15N5O2S. The second-order valence-corrected chi connectivity index (χ2v) is 7.29. The fraction of sp³-hybridized carbons (Fsp3) is 0.0588. The zero-order chi connectivity index (χ0) is 17.4. The summed E-state index contributed by atoms with van der Waals surface area (Å²) in [6.07, 6.45) is 6.42. The molecule has 0 aliphatic rings. The van der Waals surface area contributed by atoms with E-state index < -0.39 is 10.0 Å². The van der Waals surface area contributed by atoms with Gasteiger partial charge in [-0.1, -0.05) is 18.2 Å². The first-order valence-corrected chi connectivity index (χ1v) is 9.07. The molecule has 0 spiro atoms. The molecule has 0 fully saturated rings. The predicted octanol–water partition coefficient (Wildman–Crippen LogP) is 2.83. The number of pyridine rings is 1. The van der Waals surface area contributed by atoms with Gasteiger partial charge in [0.25, 0.3) is 10.0 Å². The number of imidazole rings is 2. The van der Waals surface area contributed by atoms with Crippen molar-refractivity contribution < 1.29 is 8.42 Å².